The van der Waals surface area contributed by atoms with E-state index in [2.05, 4.69) is 15.2 Å². The third-order valence-corrected chi connectivity index (χ3v) is 7.04. The third-order valence-electron chi connectivity index (χ3n) is 6.30. The summed E-state index contributed by atoms with van der Waals surface area (Å²) in [5.74, 6) is -0.131. The Balaban J connectivity index is 1.45. The highest BCUT2D eigenvalue weighted by atomic mass is 32.2. The Labute approximate surface area is 215 Å². The van der Waals surface area contributed by atoms with Crippen LogP contribution in [-0.2, 0) is 24.3 Å². The van der Waals surface area contributed by atoms with E-state index >= 15 is 0 Å². The molecule has 0 spiro atoms. The number of amides is 1. The number of nitrogens with zero attached hydrogens (tertiary/aromatic N) is 2. The van der Waals surface area contributed by atoms with E-state index in [9.17, 15) is 9.35 Å². The Hall–Kier alpha value is -3.59. The van der Waals surface area contributed by atoms with Gasteiger partial charge < -0.3 is 20.5 Å². The molecule has 0 aromatic heterocycles. The minimum absolute atomic E-state index is 0.131. The van der Waals surface area contributed by atoms with Crippen LogP contribution in [0, 0.1) is 0 Å². The van der Waals surface area contributed by atoms with Gasteiger partial charge in [-0.25, -0.2) is 0 Å². The van der Waals surface area contributed by atoms with Crippen molar-refractivity contribution in [2.24, 2.45) is 15.9 Å². The van der Waals surface area contributed by atoms with Crippen LogP contribution >= 0.6 is 0 Å². The molecule has 0 radical (unpaired) electrons. The standard InChI is InChI=1S/C28H31N5O2S/c1-31-27(21-6-3-2-4-7-21)24(17-29)19-33-15-5-8-22-16-23(11-14-26(22)33)28(34)32-18-20-9-12-25(13-10-20)36(30)35/h2-4,6-7,9-14,16-17H,5,8,15,18-19,29-30H2,1H3,(H,32,34). The van der Waals surface area contributed by atoms with E-state index < -0.39 is 11.4 Å². The molecule has 0 fully saturated rings. The van der Waals surface area contributed by atoms with Crippen LogP contribution in [0.3, 0.4) is 0 Å². The topological polar surface area (TPSA) is 120 Å². The highest BCUT2D eigenvalue weighted by molar-refractivity contribution is 7.89. The van der Waals surface area contributed by atoms with E-state index in [4.69, 9.17) is 10.9 Å². The maximum atomic E-state index is 12.8. The molecular formula is C28H31N5O2S. The summed E-state index contributed by atoms with van der Waals surface area (Å²) in [7, 11) is 1.79. The van der Waals surface area contributed by atoms with Gasteiger partial charge in [-0.3, -0.25) is 9.79 Å². The van der Waals surface area contributed by atoms with E-state index in [-0.39, 0.29) is 5.91 Å². The molecule has 8 heteroatoms. The fraction of sp³-hybridized carbons (Fsp3) is 0.214. The summed E-state index contributed by atoms with van der Waals surface area (Å²) in [5, 5.41) is 8.36. The number of hydrogen-bond acceptors (Lipinski definition) is 6. The van der Waals surface area contributed by atoms with Crippen molar-refractivity contribution in [1.82, 2.24) is 5.32 Å². The van der Waals surface area contributed by atoms with Crippen LogP contribution in [0.5, 0.6) is 0 Å². The number of benzene rings is 3. The predicted molar refractivity (Wildman–Crippen MR) is 146 cm³/mol. The lowest BCUT2D eigenvalue weighted by atomic mass is 9.97. The van der Waals surface area contributed by atoms with Crippen LogP contribution in [0.25, 0.3) is 0 Å². The number of carbonyl (C=O) groups is 1. The number of anilines is 1. The van der Waals surface area contributed by atoms with Crippen molar-refractivity contribution >= 4 is 28.7 Å². The molecule has 7 nitrogen and oxygen atoms in total. The molecule has 1 unspecified atom stereocenters. The van der Waals surface area contributed by atoms with Crippen LogP contribution in [0.1, 0.15) is 33.5 Å². The van der Waals surface area contributed by atoms with Gasteiger partial charge in [0, 0.05) is 55.3 Å². The molecule has 4 rings (SSSR count). The van der Waals surface area contributed by atoms with Gasteiger partial charge in [0.05, 0.1) is 17.1 Å². The van der Waals surface area contributed by atoms with Gasteiger partial charge in [0.2, 0.25) is 0 Å². The largest absolute Gasteiger partial charge is 0.593 e. The second kappa shape index (κ2) is 11.9. The van der Waals surface area contributed by atoms with Crippen molar-refractivity contribution in [2.75, 3.05) is 25.0 Å². The SMILES string of the molecule is CN=C(C(=CN)CN1CCCc2cc(C(=O)NCc3ccc([S+](N)[O-])cc3)ccc21)c1ccccc1. The Morgan fingerprint density at radius 3 is 2.53 bits per heavy atom. The van der Waals surface area contributed by atoms with Crippen molar-refractivity contribution in [3.63, 3.8) is 0 Å². The van der Waals surface area contributed by atoms with Gasteiger partial charge >= 0.3 is 0 Å². The Morgan fingerprint density at radius 2 is 1.86 bits per heavy atom. The van der Waals surface area contributed by atoms with Gasteiger partial charge in [-0.2, -0.15) is 0 Å². The molecule has 0 saturated heterocycles. The zero-order valence-electron chi connectivity index (χ0n) is 20.3. The van der Waals surface area contributed by atoms with Gasteiger partial charge in [-0.1, -0.05) is 42.5 Å². The van der Waals surface area contributed by atoms with Crippen molar-refractivity contribution in [3.05, 3.63) is 107 Å². The van der Waals surface area contributed by atoms with Crippen molar-refractivity contribution in [1.29, 1.82) is 0 Å². The number of rotatable bonds is 8. The van der Waals surface area contributed by atoms with Gasteiger partial charge in [0.1, 0.15) is 0 Å². The number of carbonyl (C=O) groups excluding carboxylic acids is 1. The lowest BCUT2D eigenvalue weighted by molar-refractivity contribution is 0.0951. The summed E-state index contributed by atoms with van der Waals surface area (Å²) in [5.41, 5.74) is 12.7. The first-order chi connectivity index (χ1) is 17.5. The smallest absolute Gasteiger partial charge is 0.251 e. The van der Waals surface area contributed by atoms with Crippen molar-refractivity contribution in [3.8, 4) is 0 Å². The minimum atomic E-state index is -1.51. The first-order valence-corrected chi connectivity index (χ1v) is 13.1. The fourth-order valence-electron chi connectivity index (χ4n) is 4.47. The molecule has 5 N–H and O–H groups in total. The number of aryl methyl sites for hydroxylation is 1. The average Bonchev–Trinajstić information content (AvgIpc) is 2.92. The Morgan fingerprint density at radius 1 is 1.11 bits per heavy atom. The van der Waals surface area contributed by atoms with Crippen molar-refractivity contribution in [2.45, 2.75) is 24.3 Å². The van der Waals surface area contributed by atoms with E-state index in [1.165, 1.54) is 0 Å². The molecule has 3 aromatic rings. The quantitative estimate of drug-likeness (QED) is 0.323. The van der Waals surface area contributed by atoms with E-state index in [1.807, 2.05) is 60.7 Å². The number of nitrogens with one attached hydrogen (secondary N) is 1. The monoisotopic (exact) mass is 501 g/mol. The summed E-state index contributed by atoms with van der Waals surface area (Å²) in [6, 6.07) is 23.0. The molecule has 1 heterocycles. The van der Waals surface area contributed by atoms with Gasteiger partial charge in [-0.05, 0) is 54.3 Å². The lowest BCUT2D eigenvalue weighted by Gasteiger charge is -2.32. The van der Waals surface area contributed by atoms with Gasteiger partial charge in [0.15, 0.2) is 4.90 Å². The van der Waals surface area contributed by atoms with Gasteiger partial charge in [-0.15, -0.1) is 5.14 Å². The third kappa shape index (κ3) is 5.96. The Kier molecular flexibility index (Phi) is 8.43. The average molecular weight is 502 g/mol. The molecule has 186 valence electrons. The zero-order valence-corrected chi connectivity index (χ0v) is 21.1. The summed E-state index contributed by atoms with van der Waals surface area (Å²) in [6.45, 7) is 1.92. The van der Waals surface area contributed by atoms with E-state index in [0.717, 1.165) is 53.0 Å². The molecule has 0 aliphatic carbocycles. The molecule has 1 aliphatic rings. The fourth-order valence-corrected chi connectivity index (χ4v) is 4.88. The first kappa shape index (κ1) is 25.5. The van der Waals surface area contributed by atoms with Crippen LogP contribution in [-0.4, -0.2) is 36.3 Å². The second-order valence-corrected chi connectivity index (χ2v) is 9.69. The highest BCUT2D eigenvalue weighted by Gasteiger charge is 2.21. The van der Waals surface area contributed by atoms with Crippen LogP contribution in [0.4, 0.5) is 5.69 Å². The molecule has 1 aliphatic heterocycles. The normalized spacial score (nSPS) is 14.8. The molecule has 1 amide bonds. The molecule has 36 heavy (non-hydrogen) atoms. The zero-order chi connectivity index (χ0) is 25.5. The van der Waals surface area contributed by atoms with E-state index in [1.54, 1.807) is 25.4 Å². The van der Waals surface area contributed by atoms with Crippen molar-refractivity contribution < 1.29 is 9.35 Å². The van der Waals surface area contributed by atoms with Crippen LogP contribution < -0.4 is 21.1 Å². The first-order valence-electron chi connectivity index (χ1n) is 11.8. The highest BCUT2D eigenvalue weighted by Crippen LogP contribution is 2.29. The summed E-state index contributed by atoms with van der Waals surface area (Å²) in [4.78, 5) is 20.2. The number of fused-ring (bicyclic) bond motifs is 1. The predicted octanol–water partition coefficient (Wildman–Crippen LogP) is 3.31. The lowest BCUT2D eigenvalue weighted by Crippen LogP contribution is -2.33. The van der Waals surface area contributed by atoms with Crippen LogP contribution in [0.15, 0.2) is 94.5 Å². The summed E-state index contributed by atoms with van der Waals surface area (Å²) in [6.07, 6.45) is 3.55. The minimum Gasteiger partial charge on any atom is -0.593 e. The van der Waals surface area contributed by atoms with Crippen LogP contribution in [0.2, 0.25) is 0 Å². The number of hydrogen-bond donors (Lipinski definition) is 3. The summed E-state index contributed by atoms with van der Waals surface area (Å²) >= 11 is -1.51. The molecular weight excluding hydrogens is 470 g/mol. The molecule has 1 atom stereocenters. The molecule has 0 saturated carbocycles. The maximum Gasteiger partial charge on any atom is 0.251 e. The summed E-state index contributed by atoms with van der Waals surface area (Å²) < 4.78 is 11.3. The van der Waals surface area contributed by atoms with E-state index in [0.29, 0.717) is 23.5 Å². The molecule has 3 aromatic carbocycles. The molecule has 0 bridgehead atoms. The maximum absolute atomic E-state index is 12.8. The van der Waals surface area contributed by atoms with Gasteiger partial charge in [0.25, 0.3) is 5.91 Å². The number of nitrogens with two attached hydrogens (primary N) is 2. The number of aliphatic imine (C=N–C) groups is 1. The second-order valence-electron chi connectivity index (χ2n) is 8.62. The Bertz CT molecular complexity index is 1260.